The Morgan fingerprint density at radius 1 is 1.56 bits per heavy atom. The first kappa shape index (κ1) is 11.2. The van der Waals surface area contributed by atoms with Gasteiger partial charge in [0.25, 0.3) is 0 Å². The maximum absolute atomic E-state index is 9.00. The lowest BCUT2D eigenvalue weighted by Gasteiger charge is -2.16. The van der Waals surface area contributed by atoms with Crippen LogP contribution in [0.3, 0.4) is 0 Å². The van der Waals surface area contributed by atoms with E-state index >= 15 is 0 Å². The van der Waals surface area contributed by atoms with Crippen molar-refractivity contribution in [3.05, 3.63) is 24.0 Å². The number of nitrogens with one attached hydrogen (secondary N) is 1. The highest BCUT2D eigenvalue weighted by Gasteiger charge is 2.26. The molecule has 2 rings (SSSR count). The second-order valence-electron chi connectivity index (χ2n) is 4.44. The molecule has 1 aromatic heterocycles. The Balaban J connectivity index is 1.90. The van der Waals surface area contributed by atoms with E-state index in [-0.39, 0.29) is 5.92 Å². The molecule has 0 amide bonds. The average Bonchev–Trinajstić information content (AvgIpc) is 2.94. The van der Waals surface area contributed by atoms with Gasteiger partial charge in [-0.1, -0.05) is 6.42 Å². The lowest BCUT2D eigenvalue weighted by atomic mass is 10.1. The van der Waals surface area contributed by atoms with Crippen LogP contribution in [-0.2, 0) is 13.1 Å². The molecule has 2 atom stereocenters. The molecule has 0 aliphatic heterocycles. The van der Waals surface area contributed by atoms with E-state index < -0.39 is 0 Å². The van der Waals surface area contributed by atoms with Gasteiger partial charge in [-0.15, -0.1) is 0 Å². The van der Waals surface area contributed by atoms with E-state index in [9.17, 15) is 0 Å². The number of nitrogens with zero attached hydrogens (tertiary/aromatic N) is 2. The van der Waals surface area contributed by atoms with Crippen LogP contribution in [0.5, 0.6) is 0 Å². The van der Waals surface area contributed by atoms with Gasteiger partial charge in [0.15, 0.2) is 0 Å². The summed E-state index contributed by atoms with van der Waals surface area (Å²) in [5.41, 5.74) is 1.31. The first-order chi connectivity index (χ1) is 7.85. The van der Waals surface area contributed by atoms with Crippen LogP contribution in [0.4, 0.5) is 0 Å². The van der Waals surface area contributed by atoms with E-state index in [1.807, 2.05) is 0 Å². The first-order valence-corrected chi connectivity index (χ1v) is 6.12. The van der Waals surface area contributed by atoms with Gasteiger partial charge in [-0.25, -0.2) is 0 Å². The molecule has 86 valence electrons. The van der Waals surface area contributed by atoms with Crippen LogP contribution in [0.2, 0.25) is 0 Å². The normalized spacial score (nSPS) is 24.5. The van der Waals surface area contributed by atoms with E-state index in [0.29, 0.717) is 6.04 Å². The van der Waals surface area contributed by atoms with Crippen LogP contribution in [0.15, 0.2) is 18.3 Å². The van der Waals surface area contributed by atoms with Crippen molar-refractivity contribution in [1.29, 1.82) is 5.26 Å². The third kappa shape index (κ3) is 2.28. The van der Waals surface area contributed by atoms with Crippen molar-refractivity contribution in [3.63, 3.8) is 0 Å². The summed E-state index contributed by atoms with van der Waals surface area (Å²) < 4.78 is 2.24. The van der Waals surface area contributed by atoms with Gasteiger partial charge in [-0.3, -0.25) is 0 Å². The number of hydrogen-bond acceptors (Lipinski definition) is 2. The fourth-order valence-corrected chi connectivity index (χ4v) is 2.51. The molecule has 3 heteroatoms. The molecule has 1 fully saturated rings. The molecule has 0 bridgehead atoms. The van der Waals surface area contributed by atoms with Gasteiger partial charge in [-0.05, 0) is 31.9 Å². The van der Waals surface area contributed by atoms with Crippen molar-refractivity contribution >= 4 is 0 Å². The molecule has 0 aromatic carbocycles. The SMILES string of the molecule is CCn1cccc1CNC1CCCC1C#N. The van der Waals surface area contributed by atoms with Crippen molar-refractivity contribution in [2.24, 2.45) is 5.92 Å². The Labute approximate surface area is 97.1 Å². The highest BCUT2D eigenvalue weighted by molar-refractivity contribution is 5.07. The first-order valence-electron chi connectivity index (χ1n) is 6.12. The summed E-state index contributed by atoms with van der Waals surface area (Å²) in [5.74, 6) is 0.213. The van der Waals surface area contributed by atoms with Crippen molar-refractivity contribution < 1.29 is 0 Å². The molecular weight excluding hydrogens is 198 g/mol. The standard InChI is InChI=1S/C13H19N3/c1-2-16-8-4-6-12(16)10-15-13-7-3-5-11(13)9-14/h4,6,8,11,13,15H,2-3,5,7,10H2,1H3. The van der Waals surface area contributed by atoms with Crippen LogP contribution in [0.1, 0.15) is 31.9 Å². The van der Waals surface area contributed by atoms with Crippen molar-refractivity contribution in [2.45, 2.75) is 45.3 Å². The minimum Gasteiger partial charge on any atom is -0.351 e. The molecule has 0 radical (unpaired) electrons. The van der Waals surface area contributed by atoms with Crippen LogP contribution >= 0.6 is 0 Å². The van der Waals surface area contributed by atoms with Crippen molar-refractivity contribution in [1.82, 2.24) is 9.88 Å². The molecule has 2 unspecified atom stereocenters. The Kier molecular flexibility index (Phi) is 3.63. The minimum absolute atomic E-state index is 0.213. The van der Waals surface area contributed by atoms with Gasteiger partial charge < -0.3 is 9.88 Å². The van der Waals surface area contributed by atoms with Crippen LogP contribution < -0.4 is 5.32 Å². The number of nitriles is 1. The largest absolute Gasteiger partial charge is 0.351 e. The molecule has 1 aliphatic carbocycles. The molecule has 0 spiro atoms. The highest BCUT2D eigenvalue weighted by Crippen LogP contribution is 2.25. The lowest BCUT2D eigenvalue weighted by molar-refractivity contribution is 0.455. The average molecular weight is 217 g/mol. The van der Waals surface area contributed by atoms with Gasteiger partial charge in [-0.2, -0.15) is 5.26 Å². The number of rotatable bonds is 4. The van der Waals surface area contributed by atoms with Crippen LogP contribution in [0.25, 0.3) is 0 Å². The number of hydrogen-bond donors (Lipinski definition) is 1. The Morgan fingerprint density at radius 3 is 3.19 bits per heavy atom. The van der Waals surface area contributed by atoms with Gasteiger partial charge in [0.05, 0.1) is 12.0 Å². The highest BCUT2D eigenvalue weighted by atomic mass is 15.0. The second-order valence-corrected chi connectivity index (χ2v) is 4.44. The molecule has 1 aromatic rings. The summed E-state index contributed by atoms with van der Waals surface area (Å²) in [6.45, 7) is 4.04. The Bertz CT molecular complexity index is 375. The monoisotopic (exact) mass is 217 g/mol. The molecule has 16 heavy (non-hydrogen) atoms. The minimum atomic E-state index is 0.213. The van der Waals surface area contributed by atoms with Crippen LogP contribution in [0, 0.1) is 17.2 Å². The number of aromatic nitrogens is 1. The summed E-state index contributed by atoms with van der Waals surface area (Å²) in [4.78, 5) is 0. The molecule has 1 N–H and O–H groups in total. The predicted octanol–water partition coefficient (Wildman–Crippen LogP) is 2.29. The Hall–Kier alpha value is -1.27. The summed E-state index contributed by atoms with van der Waals surface area (Å²) in [6, 6.07) is 7.02. The summed E-state index contributed by atoms with van der Waals surface area (Å²) in [5, 5.41) is 12.5. The van der Waals surface area contributed by atoms with Crippen molar-refractivity contribution in [3.8, 4) is 6.07 Å². The fourth-order valence-electron chi connectivity index (χ4n) is 2.51. The van der Waals surface area contributed by atoms with E-state index in [1.54, 1.807) is 0 Å². The van der Waals surface area contributed by atoms with Gasteiger partial charge in [0, 0.05) is 31.0 Å². The van der Waals surface area contributed by atoms with Gasteiger partial charge in [0.2, 0.25) is 0 Å². The third-order valence-electron chi connectivity index (χ3n) is 3.49. The summed E-state index contributed by atoms with van der Waals surface area (Å²) in [7, 11) is 0. The molecular formula is C13H19N3. The van der Waals surface area contributed by atoms with E-state index in [4.69, 9.17) is 5.26 Å². The quantitative estimate of drug-likeness (QED) is 0.840. The van der Waals surface area contributed by atoms with Crippen LogP contribution in [-0.4, -0.2) is 10.6 Å². The maximum Gasteiger partial charge on any atom is 0.0672 e. The zero-order chi connectivity index (χ0) is 11.4. The van der Waals surface area contributed by atoms with E-state index in [0.717, 1.165) is 25.9 Å². The van der Waals surface area contributed by atoms with Gasteiger partial charge in [0.1, 0.15) is 0 Å². The smallest absolute Gasteiger partial charge is 0.0672 e. The topological polar surface area (TPSA) is 40.8 Å². The summed E-state index contributed by atoms with van der Waals surface area (Å²) in [6.07, 6.45) is 5.49. The molecule has 1 aliphatic rings. The zero-order valence-electron chi connectivity index (χ0n) is 9.82. The molecule has 1 heterocycles. The maximum atomic E-state index is 9.00. The Morgan fingerprint density at radius 2 is 2.44 bits per heavy atom. The van der Waals surface area contributed by atoms with Crippen molar-refractivity contribution in [2.75, 3.05) is 0 Å². The fraction of sp³-hybridized carbons (Fsp3) is 0.615. The van der Waals surface area contributed by atoms with E-state index in [1.165, 1.54) is 12.1 Å². The number of aryl methyl sites for hydroxylation is 1. The molecule has 3 nitrogen and oxygen atoms in total. The predicted molar refractivity (Wildman–Crippen MR) is 63.7 cm³/mol. The molecule has 0 saturated heterocycles. The van der Waals surface area contributed by atoms with Gasteiger partial charge >= 0.3 is 0 Å². The summed E-state index contributed by atoms with van der Waals surface area (Å²) >= 11 is 0. The zero-order valence-corrected chi connectivity index (χ0v) is 9.82. The molecule has 1 saturated carbocycles. The second kappa shape index (κ2) is 5.18. The third-order valence-corrected chi connectivity index (χ3v) is 3.49. The lowest BCUT2D eigenvalue weighted by Crippen LogP contribution is -2.31. The van der Waals surface area contributed by atoms with E-state index in [2.05, 4.69) is 41.2 Å².